The first-order valence-corrected chi connectivity index (χ1v) is 5.29. The number of likely N-dealkylation sites (tertiary alicyclic amines) is 1. The van der Waals surface area contributed by atoms with Gasteiger partial charge in [0.25, 0.3) is 11.7 Å². The van der Waals surface area contributed by atoms with E-state index in [1.807, 2.05) is 4.90 Å². The summed E-state index contributed by atoms with van der Waals surface area (Å²) >= 11 is 0. The topological polar surface area (TPSA) is 63.4 Å². The van der Waals surface area contributed by atoms with Crippen molar-refractivity contribution in [3.63, 3.8) is 0 Å². The fraction of sp³-hybridized carbons (Fsp3) is 0.400. The van der Waals surface area contributed by atoms with E-state index < -0.39 is 0 Å². The monoisotopic (exact) mass is 217 g/mol. The number of rotatable bonds is 1. The van der Waals surface area contributed by atoms with Crippen LogP contribution < -0.4 is 0 Å². The molecule has 0 aliphatic carbocycles. The third-order valence-corrected chi connectivity index (χ3v) is 2.79. The van der Waals surface area contributed by atoms with Crippen molar-refractivity contribution in [3.8, 4) is 0 Å². The summed E-state index contributed by atoms with van der Waals surface area (Å²) in [6.07, 6.45) is 7.01. The zero-order valence-electron chi connectivity index (χ0n) is 8.70. The summed E-state index contributed by atoms with van der Waals surface area (Å²) in [4.78, 5) is 18.0. The third-order valence-electron chi connectivity index (χ3n) is 2.79. The molecular formula is C10H11N5O. The molecule has 0 bridgehead atoms. The molecule has 1 saturated heterocycles. The van der Waals surface area contributed by atoms with Crippen molar-refractivity contribution in [2.24, 2.45) is 0 Å². The Kier molecular flexibility index (Phi) is 2.05. The first kappa shape index (κ1) is 9.26. The number of carbonyl (C=O) groups is 1. The van der Waals surface area contributed by atoms with Gasteiger partial charge >= 0.3 is 0 Å². The van der Waals surface area contributed by atoms with E-state index in [9.17, 15) is 4.79 Å². The molecular weight excluding hydrogens is 206 g/mol. The number of amides is 1. The highest BCUT2D eigenvalue weighted by Gasteiger charge is 2.20. The van der Waals surface area contributed by atoms with Crippen LogP contribution in [-0.4, -0.2) is 43.5 Å². The molecule has 0 unspecified atom stereocenters. The minimum Gasteiger partial charge on any atom is -0.339 e. The van der Waals surface area contributed by atoms with Crippen LogP contribution in [0.1, 0.15) is 23.2 Å². The van der Waals surface area contributed by atoms with Crippen LogP contribution >= 0.6 is 0 Å². The molecule has 2 aromatic heterocycles. The van der Waals surface area contributed by atoms with Crippen LogP contribution in [0, 0.1) is 0 Å². The zero-order valence-corrected chi connectivity index (χ0v) is 8.70. The number of carbonyl (C=O) groups excluding carboxylic acids is 1. The van der Waals surface area contributed by atoms with Crippen molar-refractivity contribution in [1.29, 1.82) is 0 Å². The predicted octanol–water partition coefficient (Wildman–Crippen LogP) is 0.360. The van der Waals surface area contributed by atoms with Gasteiger partial charge in [-0.05, 0) is 12.8 Å². The summed E-state index contributed by atoms with van der Waals surface area (Å²) in [5, 5.41) is 7.52. The summed E-state index contributed by atoms with van der Waals surface area (Å²) < 4.78 is 1.66. The molecule has 0 atom stereocenters. The summed E-state index contributed by atoms with van der Waals surface area (Å²) in [7, 11) is 0. The van der Waals surface area contributed by atoms with Crippen molar-refractivity contribution in [1.82, 2.24) is 24.5 Å². The van der Waals surface area contributed by atoms with E-state index in [1.165, 1.54) is 0 Å². The molecule has 1 aliphatic rings. The van der Waals surface area contributed by atoms with Crippen molar-refractivity contribution < 1.29 is 4.79 Å². The average Bonchev–Trinajstić information content (AvgIpc) is 2.98. The Labute approximate surface area is 91.9 Å². The highest BCUT2D eigenvalue weighted by Crippen LogP contribution is 2.12. The van der Waals surface area contributed by atoms with Crippen LogP contribution in [0.4, 0.5) is 0 Å². The van der Waals surface area contributed by atoms with E-state index in [2.05, 4.69) is 15.2 Å². The zero-order chi connectivity index (χ0) is 11.0. The molecule has 0 aromatic carbocycles. The molecule has 1 amide bonds. The Morgan fingerprint density at radius 2 is 2.12 bits per heavy atom. The highest BCUT2D eigenvalue weighted by molar-refractivity contribution is 5.93. The summed E-state index contributed by atoms with van der Waals surface area (Å²) in [6, 6.07) is 0. The molecule has 3 heterocycles. The molecule has 0 saturated carbocycles. The van der Waals surface area contributed by atoms with Crippen molar-refractivity contribution in [3.05, 3.63) is 24.3 Å². The second kappa shape index (κ2) is 3.55. The van der Waals surface area contributed by atoms with Crippen molar-refractivity contribution in [2.75, 3.05) is 13.1 Å². The first-order valence-electron chi connectivity index (χ1n) is 5.29. The third kappa shape index (κ3) is 1.42. The lowest BCUT2D eigenvalue weighted by Crippen LogP contribution is -2.27. The number of aromatic nitrogens is 4. The predicted molar refractivity (Wildman–Crippen MR) is 55.9 cm³/mol. The molecule has 1 fully saturated rings. The van der Waals surface area contributed by atoms with Gasteiger partial charge in [0, 0.05) is 25.5 Å². The van der Waals surface area contributed by atoms with Crippen LogP contribution in [0.5, 0.6) is 0 Å². The quantitative estimate of drug-likeness (QED) is 0.692. The molecule has 1 aliphatic heterocycles. The first-order chi connectivity index (χ1) is 7.84. The number of fused-ring (bicyclic) bond motifs is 1. The fourth-order valence-corrected chi connectivity index (χ4v) is 1.94. The normalized spacial score (nSPS) is 15.9. The Morgan fingerprint density at radius 1 is 1.31 bits per heavy atom. The van der Waals surface area contributed by atoms with Gasteiger partial charge in [0.05, 0.1) is 5.56 Å². The van der Waals surface area contributed by atoms with E-state index in [4.69, 9.17) is 0 Å². The SMILES string of the molecule is O=C(c1cnc2nncn2c1)N1CCCC1. The molecule has 0 N–H and O–H groups in total. The van der Waals surface area contributed by atoms with Crippen molar-refractivity contribution >= 4 is 11.7 Å². The fourth-order valence-electron chi connectivity index (χ4n) is 1.94. The van der Waals surface area contributed by atoms with Crippen LogP contribution in [0.15, 0.2) is 18.7 Å². The van der Waals surface area contributed by atoms with Gasteiger partial charge in [-0.25, -0.2) is 4.98 Å². The van der Waals surface area contributed by atoms with Gasteiger partial charge in [-0.3, -0.25) is 9.20 Å². The largest absolute Gasteiger partial charge is 0.339 e. The lowest BCUT2D eigenvalue weighted by molar-refractivity contribution is 0.0792. The Bertz CT molecular complexity index is 529. The highest BCUT2D eigenvalue weighted by atomic mass is 16.2. The maximum absolute atomic E-state index is 12.0. The maximum Gasteiger partial charge on any atom is 0.256 e. The van der Waals surface area contributed by atoms with Crippen LogP contribution in [0.2, 0.25) is 0 Å². The minimum atomic E-state index is 0.0422. The Hall–Kier alpha value is -1.98. The second-order valence-corrected chi connectivity index (χ2v) is 3.88. The molecule has 16 heavy (non-hydrogen) atoms. The maximum atomic E-state index is 12.0. The average molecular weight is 217 g/mol. The van der Waals surface area contributed by atoms with Crippen LogP contribution in [-0.2, 0) is 0 Å². The molecule has 82 valence electrons. The second-order valence-electron chi connectivity index (χ2n) is 3.88. The van der Waals surface area contributed by atoms with Crippen molar-refractivity contribution in [2.45, 2.75) is 12.8 Å². The summed E-state index contributed by atoms with van der Waals surface area (Å²) in [5.74, 6) is 0.554. The lowest BCUT2D eigenvalue weighted by Gasteiger charge is -2.14. The van der Waals surface area contributed by atoms with Gasteiger partial charge < -0.3 is 4.90 Å². The Morgan fingerprint density at radius 3 is 2.94 bits per heavy atom. The molecule has 6 nitrogen and oxygen atoms in total. The lowest BCUT2D eigenvalue weighted by atomic mass is 10.3. The molecule has 6 heteroatoms. The van der Waals surface area contributed by atoms with Gasteiger partial charge in [-0.1, -0.05) is 0 Å². The number of hydrogen-bond donors (Lipinski definition) is 0. The molecule has 0 spiro atoms. The van der Waals surface area contributed by atoms with Gasteiger partial charge in [-0.15, -0.1) is 10.2 Å². The standard InChI is InChI=1S/C10H11N5O/c16-9(14-3-1-2-4-14)8-5-11-10-13-12-7-15(10)6-8/h5-7H,1-4H2. The van der Waals surface area contributed by atoms with Gasteiger partial charge in [0.2, 0.25) is 0 Å². The van der Waals surface area contributed by atoms with E-state index in [0.29, 0.717) is 11.3 Å². The van der Waals surface area contributed by atoms with Gasteiger partial charge in [0.15, 0.2) is 0 Å². The van der Waals surface area contributed by atoms with Crippen LogP contribution in [0.3, 0.4) is 0 Å². The number of nitrogens with zero attached hydrogens (tertiary/aromatic N) is 5. The van der Waals surface area contributed by atoms with Gasteiger partial charge in [-0.2, -0.15) is 0 Å². The molecule has 2 aromatic rings. The Balaban J connectivity index is 1.95. The number of hydrogen-bond acceptors (Lipinski definition) is 4. The van der Waals surface area contributed by atoms with E-state index in [0.717, 1.165) is 25.9 Å². The van der Waals surface area contributed by atoms with Crippen LogP contribution in [0.25, 0.3) is 5.78 Å². The smallest absolute Gasteiger partial charge is 0.256 e. The van der Waals surface area contributed by atoms with Gasteiger partial charge in [0.1, 0.15) is 6.33 Å². The van der Waals surface area contributed by atoms with E-state index in [-0.39, 0.29) is 5.91 Å². The molecule has 0 radical (unpaired) electrons. The summed E-state index contributed by atoms with van der Waals surface area (Å²) in [5.41, 5.74) is 0.592. The summed E-state index contributed by atoms with van der Waals surface area (Å²) in [6.45, 7) is 1.69. The molecule has 3 rings (SSSR count). The van der Waals surface area contributed by atoms with E-state index in [1.54, 1.807) is 23.1 Å². The minimum absolute atomic E-state index is 0.0422. The van der Waals surface area contributed by atoms with E-state index >= 15 is 0 Å².